The molecule has 112 valence electrons. The van der Waals surface area contributed by atoms with Gasteiger partial charge in [0, 0.05) is 23.9 Å². The number of hydrogen-bond acceptors (Lipinski definition) is 5. The molecule has 0 aromatic carbocycles. The lowest BCUT2D eigenvalue weighted by atomic mass is 10.2. The molecule has 0 aliphatic rings. The van der Waals surface area contributed by atoms with Crippen molar-refractivity contribution in [3.8, 4) is 0 Å². The van der Waals surface area contributed by atoms with Crippen molar-refractivity contribution >= 4 is 17.6 Å². The van der Waals surface area contributed by atoms with Crippen LogP contribution in [-0.4, -0.2) is 22.6 Å². The van der Waals surface area contributed by atoms with Crippen molar-refractivity contribution in [3.05, 3.63) is 35.2 Å². The standard InChI is InChI=1S/C15H20N4O2/c1-4-6-16-13-9-11(8-12(5-2)17-13)15(20)18-14-7-10(3)19-21-14/h7-9H,4-6H2,1-3H3,(H,16,17)(H,18,20). The molecule has 2 aromatic heterocycles. The van der Waals surface area contributed by atoms with Gasteiger partial charge < -0.3 is 9.84 Å². The minimum Gasteiger partial charge on any atom is -0.370 e. The zero-order valence-electron chi connectivity index (χ0n) is 12.6. The van der Waals surface area contributed by atoms with Crippen molar-refractivity contribution in [2.75, 3.05) is 17.2 Å². The number of rotatable bonds is 6. The summed E-state index contributed by atoms with van der Waals surface area (Å²) in [7, 11) is 0. The smallest absolute Gasteiger partial charge is 0.258 e. The normalized spacial score (nSPS) is 10.4. The molecule has 2 rings (SSSR count). The van der Waals surface area contributed by atoms with Gasteiger partial charge >= 0.3 is 0 Å². The molecule has 6 nitrogen and oxygen atoms in total. The summed E-state index contributed by atoms with van der Waals surface area (Å²) in [6, 6.07) is 5.21. The molecule has 2 aromatic rings. The first kappa shape index (κ1) is 15.0. The second-order valence-electron chi connectivity index (χ2n) is 4.80. The van der Waals surface area contributed by atoms with Crippen LogP contribution in [0.25, 0.3) is 0 Å². The highest BCUT2D eigenvalue weighted by molar-refractivity contribution is 6.04. The van der Waals surface area contributed by atoms with E-state index in [1.165, 1.54) is 0 Å². The van der Waals surface area contributed by atoms with Crippen molar-refractivity contribution in [1.82, 2.24) is 10.1 Å². The van der Waals surface area contributed by atoms with Crippen LogP contribution in [0.15, 0.2) is 22.7 Å². The predicted molar refractivity (Wildman–Crippen MR) is 81.6 cm³/mol. The Morgan fingerprint density at radius 3 is 2.71 bits per heavy atom. The number of hydrogen-bond donors (Lipinski definition) is 2. The Bertz CT molecular complexity index is 622. The fourth-order valence-corrected chi connectivity index (χ4v) is 1.85. The van der Waals surface area contributed by atoms with Gasteiger partial charge in [0.15, 0.2) is 0 Å². The number of carbonyl (C=O) groups excluding carboxylic acids is 1. The highest BCUT2D eigenvalue weighted by Gasteiger charge is 2.12. The molecule has 0 saturated carbocycles. The average molecular weight is 288 g/mol. The van der Waals surface area contributed by atoms with E-state index in [2.05, 4.69) is 27.7 Å². The lowest BCUT2D eigenvalue weighted by Crippen LogP contribution is -2.13. The Hall–Kier alpha value is -2.37. The molecule has 1 amide bonds. The third-order valence-electron chi connectivity index (χ3n) is 2.92. The number of carbonyl (C=O) groups is 1. The summed E-state index contributed by atoms with van der Waals surface area (Å²) in [5, 5.41) is 9.64. The number of nitrogens with one attached hydrogen (secondary N) is 2. The minimum atomic E-state index is -0.234. The van der Waals surface area contributed by atoms with Crippen molar-refractivity contribution in [2.45, 2.75) is 33.6 Å². The van der Waals surface area contributed by atoms with E-state index in [9.17, 15) is 4.79 Å². The molecule has 2 heterocycles. The van der Waals surface area contributed by atoms with Gasteiger partial charge in [-0.2, -0.15) is 0 Å². The molecule has 0 spiro atoms. The maximum Gasteiger partial charge on any atom is 0.258 e. The van der Waals surface area contributed by atoms with Crippen molar-refractivity contribution in [3.63, 3.8) is 0 Å². The Kier molecular flexibility index (Phi) is 4.92. The highest BCUT2D eigenvalue weighted by Crippen LogP contribution is 2.15. The summed E-state index contributed by atoms with van der Waals surface area (Å²) in [6.07, 6.45) is 1.76. The maximum absolute atomic E-state index is 12.3. The van der Waals surface area contributed by atoms with Crippen molar-refractivity contribution in [2.24, 2.45) is 0 Å². The monoisotopic (exact) mass is 288 g/mol. The van der Waals surface area contributed by atoms with E-state index >= 15 is 0 Å². The quantitative estimate of drug-likeness (QED) is 0.854. The number of pyridine rings is 1. The van der Waals surface area contributed by atoms with Crippen LogP contribution in [0.2, 0.25) is 0 Å². The molecule has 0 atom stereocenters. The topological polar surface area (TPSA) is 80.0 Å². The third-order valence-corrected chi connectivity index (χ3v) is 2.92. The summed E-state index contributed by atoms with van der Waals surface area (Å²) in [6.45, 7) is 6.71. The lowest BCUT2D eigenvalue weighted by molar-refractivity contribution is 0.102. The molecule has 21 heavy (non-hydrogen) atoms. The first-order valence-corrected chi connectivity index (χ1v) is 7.12. The van der Waals surface area contributed by atoms with Gasteiger partial charge in [0.05, 0.1) is 5.69 Å². The molecule has 6 heteroatoms. The second-order valence-corrected chi connectivity index (χ2v) is 4.80. The van der Waals surface area contributed by atoms with Gasteiger partial charge in [0.25, 0.3) is 5.91 Å². The Balaban J connectivity index is 2.18. The molecule has 0 fully saturated rings. The van der Waals surface area contributed by atoms with Crippen LogP contribution in [0, 0.1) is 6.92 Å². The van der Waals surface area contributed by atoms with E-state index in [1.54, 1.807) is 25.1 Å². The summed E-state index contributed by atoms with van der Waals surface area (Å²) in [5.74, 6) is 0.827. The van der Waals surface area contributed by atoms with Gasteiger partial charge in [-0.15, -0.1) is 0 Å². The summed E-state index contributed by atoms with van der Waals surface area (Å²) >= 11 is 0. The summed E-state index contributed by atoms with van der Waals surface area (Å²) < 4.78 is 4.99. The SMILES string of the molecule is CCCNc1cc(C(=O)Nc2cc(C)no2)cc(CC)n1. The van der Waals surface area contributed by atoms with Crippen LogP contribution in [0.4, 0.5) is 11.7 Å². The van der Waals surface area contributed by atoms with E-state index in [1.807, 2.05) is 6.92 Å². The Labute approximate surface area is 123 Å². The molecule has 0 aliphatic heterocycles. The number of anilines is 2. The Morgan fingerprint density at radius 1 is 1.29 bits per heavy atom. The molecular formula is C15H20N4O2. The fraction of sp³-hybridized carbons (Fsp3) is 0.400. The van der Waals surface area contributed by atoms with Gasteiger partial charge in [-0.05, 0) is 31.9 Å². The van der Waals surface area contributed by atoms with E-state index in [4.69, 9.17) is 4.52 Å². The van der Waals surface area contributed by atoms with Crippen LogP contribution in [0.3, 0.4) is 0 Å². The maximum atomic E-state index is 12.3. The lowest BCUT2D eigenvalue weighted by Gasteiger charge is -2.09. The van der Waals surface area contributed by atoms with Crippen LogP contribution < -0.4 is 10.6 Å². The zero-order chi connectivity index (χ0) is 15.2. The third kappa shape index (κ3) is 4.05. The fourth-order valence-electron chi connectivity index (χ4n) is 1.85. The van der Waals surface area contributed by atoms with Crippen molar-refractivity contribution < 1.29 is 9.32 Å². The van der Waals surface area contributed by atoms with Crippen LogP contribution in [-0.2, 0) is 6.42 Å². The molecule has 0 unspecified atom stereocenters. The predicted octanol–water partition coefficient (Wildman–Crippen LogP) is 3.01. The highest BCUT2D eigenvalue weighted by atomic mass is 16.5. The summed E-state index contributed by atoms with van der Waals surface area (Å²) in [5.41, 5.74) is 2.14. The Morgan fingerprint density at radius 2 is 2.10 bits per heavy atom. The zero-order valence-corrected chi connectivity index (χ0v) is 12.6. The van der Waals surface area contributed by atoms with Gasteiger partial charge in [0.2, 0.25) is 5.88 Å². The number of nitrogens with zero attached hydrogens (tertiary/aromatic N) is 2. The van der Waals surface area contributed by atoms with Gasteiger partial charge in [-0.25, -0.2) is 4.98 Å². The van der Waals surface area contributed by atoms with Crippen LogP contribution >= 0.6 is 0 Å². The van der Waals surface area contributed by atoms with Gasteiger partial charge in [-0.3, -0.25) is 10.1 Å². The largest absolute Gasteiger partial charge is 0.370 e. The minimum absolute atomic E-state index is 0.234. The molecule has 0 saturated heterocycles. The average Bonchev–Trinajstić information content (AvgIpc) is 2.89. The van der Waals surface area contributed by atoms with E-state index in [0.29, 0.717) is 11.4 Å². The molecule has 0 radical (unpaired) electrons. The van der Waals surface area contributed by atoms with Crippen LogP contribution in [0.5, 0.6) is 0 Å². The number of aromatic nitrogens is 2. The van der Waals surface area contributed by atoms with E-state index in [-0.39, 0.29) is 5.91 Å². The first-order valence-electron chi connectivity index (χ1n) is 7.12. The molecule has 0 aliphatic carbocycles. The molecule has 0 bridgehead atoms. The first-order chi connectivity index (χ1) is 10.1. The number of aryl methyl sites for hydroxylation is 2. The van der Waals surface area contributed by atoms with E-state index < -0.39 is 0 Å². The van der Waals surface area contributed by atoms with Crippen LogP contribution in [0.1, 0.15) is 42.0 Å². The number of amides is 1. The molecule has 2 N–H and O–H groups in total. The van der Waals surface area contributed by atoms with Gasteiger partial charge in [-0.1, -0.05) is 19.0 Å². The van der Waals surface area contributed by atoms with Gasteiger partial charge in [0.1, 0.15) is 5.82 Å². The second kappa shape index (κ2) is 6.88. The summed E-state index contributed by atoms with van der Waals surface area (Å²) in [4.78, 5) is 16.7. The molecular weight excluding hydrogens is 268 g/mol. The van der Waals surface area contributed by atoms with E-state index in [0.717, 1.165) is 36.6 Å². The van der Waals surface area contributed by atoms with Crippen molar-refractivity contribution in [1.29, 1.82) is 0 Å².